The average Bonchev–Trinajstić information content (AvgIpc) is 2.17. The summed E-state index contributed by atoms with van der Waals surface area (Å²) in [6, 6.07) is 0. The van der Waals surface area contributed by atoms with Crippen LogP contribution >= 0.6 is 0 Å². The number of aliphatic hydroxyl groups is 1. The first kappa shape index (κ1) is 6.16. The highest BCUT2D eigenvalue weighted by molar-refractivity contribution is 5.80. The minimum Gasteiger partial charge on any atom is -0.435 e. The van der Waals surface area contributed by atoms with Crippen LogP contribution in [0.15, 0.2) is 0 Å². The molecule has 3 nitrogen and oxygen atoms in total. The van der Waals surface area contributed by atoms with E-state index >= 15 is 0 Å². The number of aliphatic hydroxyl groups excluding tert-OH is 1. The van der Waals surface area contributed by atoms with E-state index in [0.717, 1.165) is 0 Å². The van der Waals surface area contributed by atoms with Gasteiger partial charge in [-0.1, -0.05) is 13.8 Å². The van der Waals surface area contributed by atoms with Crippen LogP contribution in [0.5, 0.6) is 0 Å². The summed E-state index contributed by atoms with van der Waals surface area (Å²) < 4.78 is 4.58. The van der Waals surface area contributed by atoms with Gasteiger partial charge in [0.15, 0.2) is 0 Å². The van der Waals surface area contributed by atoms with E-state index in [-0.39, 0.29) is 23.2 Å². The van der Waals surface area contributed by atoms with Gasteiger partial charge in [-0.15, -0.1) is 0 Å². The Balaban J connectivity index is 2.25. The highest BCUT2D eigenvalue weighted by Gasteiger charge is 2.71. The molecule has 1 unspecified atom stereocenters. The second-order valence-corrected chi connectivity index (χ2v) is 3.65. The quantitative estimate of drug-likeness (QED) is 0.489. The molecule has 2 aliphatic rings. The Morgan fingerprint density at radius 3 is 2.40 bits per heavy atom. The van der Waals surface area contributed by atoms with E-state index in [2.05, 4.69) is 4.74 Å². The van der Waals surface area contributed by atoms with Crippen molar-refractivity contribution in [3.8, 4) is 0 Å². The summed E-state index contributed by atoms with van der Waals surface area (Å²) in [5, 5.41) is 9.10. The van der Waals surface area contributed by atoms with E-state index in [4.69, 9.17) is 5.11 Å². The summed E-state index contributed by atoms with van der Waals surface area (Å²) in [5.41, 5.74) is -0.0191. The number of carbonyl (C=O) groups is 1. The Labute approximate surface area is 59.0 Å². The predicted molar refractivity (Wildman–Crippen MR) is 32.9 cm³/mol. The second kappa shape index (κ2) is 1.37. The van der Waals surface area contributed by atoms with Crippen LogP contribution in [0.2, 0.25) is 0 Å². The van der Waals surface area contributed by atoms with Crippen molar-refractivity contribution in [2.75, 3.05) is 0 Å². The van der Waals surface area contributed by atoms with Crippen LogP contribution < -0.4 is 0 Å². The molecule has 0 spiro atoms. The van der Waals surface area contributed by atoms with E-state index in [0.29, 0.717) is 0 Å². The zero-order valence-electron chi connectivity index (χ0n) is 6.00. The van der Waals surface area contributed by atoms with Crippen LogP contribution in [0.3, 0.4) is 0 Å². The smallest absolute Gasteiger partial charge is 0.312 e. The fourth-order valence-electron chi connectivity index (χ4n) is 1.93. The van der Waals surface area contributed by atoms with Crippen LogP contribution in [-0.2, 0) is 9.53 Å². The molecule has 0 bridgehead atoms. The van der Waals surface area contributed by atoms with Gasteiger partial charge in [0.1, 0.15) is 0 Å². The molecule has 3 heteroatoms. The van der Waals surface area contributed by atoms with Crippen LogP contribution in [0.25, 0.3) is 0 Å². The van der Waals surface area contributed by atoms with E-state index in [1.54, 1.807) is 0 Å². The van der Waals surface area contributed by atoms with Gasteiger partial charge in [-0.05, 0) is 5.41 Å². The van der Waals surface area contributed by atoms with Gasteiger partial charge in [0.2, 0.25) is 6.29 Å². The van der Waals surface area contributed by atoms with Crippen molar-refractivity contribution in [2.45, 2.75) is 20.1 Å². The summed E-state index contributed by atoms with van der Waals surface area (Å²) in [4.78, 5) is 10.9. The van der Waals surface area contributed by atoms with Crippen molar-refractivity contribution in [2.24, 2.45) is 17.3 Å². The van der Waals surface area contributed by atoms with E-state index in [9.17, 15) is 4.79 Å². The third-order valence-electron chi connectivity index (χ3n) is 2.71. The Morgan fingerprint density at radius 1 is 1.60 bits per heavy atom. The Morgan fingerprint density at radius 2 is 2.20 bits per heavy atom. The van der Waals surface area contributed by atoms with Crippen molar-refractivity contribution >= 4 is 5.97 Å². The van der Waals surface area contributed by atoms with Crippen LogP contribution in [-0.4, -0.2) is 17.4 Å². The Kier molecular flexibility index (Phi) is 0.844. The van der Waals surface area contributed by atoms with Crippen molar-refractivity contribution in [3.05, 3.63) is 0 Å². The SMILES string of the molecule is CC1(C)[C@@H]2C(O)OC(=O)[C@@H]21. The zero-order valence-corrected chi connectivity index (χ0v) is 6.00. The van der Waals surface area contributed by atoms with Gasteiger partial charge in [-0.2, -0.15) is 0 Å². The standard InChI is InChI=1S/C7H10O3/c1-7(2)3-4(7)6(9)10-5(3)8/h3-5,8H,1-2H3/t3-,4+,5?/m0/s1. The van der Waals surface area contributed by atoms with E-state index in [1.807, 2.05) is 13.8 Å². The molecule has 1 saturated carbocycles. The summed E-state index contributed by atoms with van der Waals surface area (Å²) >= 11 is 0. The Hall–Kier alpha value is -0.570. The van der Waals surface area contributed by atoms with Gasteiger partial charge < -0.3 is 9.84 Å². The molecule has 1 aliphatic heterocycles. The first-order valence-corrected chi connectivity index (χ1v) is 3.43. The molecule has 0 aromatic heterocycles. The first-order chi connectivity index (χ1) is 4.55. The molecule has 0 aromatic carbocycles. The van der Waals surface area contributed by atoms with E-state index < -0.39 is 6.29 Å². The molecule has 0 radical (unpaired) electrons. The molecule has 1 N–H and O–H groups in total. The van der Waals surface area contributed by atoms with Crippen molar-refractivity contribution < 1.29 is 14.6 Å². The lowest BCUT2D eigenvalue weighted by atomic mass is 10.1. The van der Waals surface area contributed by atoms with Crippen molar-refractivity contribution in [1.82, 2.24) is 0 Å². The zero-order chi connectivity index (χ0) is 7.52. The fourth-order valence-corrected chi connectivity index (χ4v) is 1.93. The van der Waals surface area contributed by atoms with Gasteiger partial charge in [0, 0.05) is 5.92 Å². The maximum atomic E-state index is 10.9. The molecule has 3 atom stereocenters. The molecule has 0 amide bonds. The number of rotatable bonds is 0. The summed E-state index contributed by atoms with van der Waals surface area (Å²) in [6.07, 6.45) is -0.840. The number of fused-ring (bicyclic) bond motifs is 1. The van der Waals surface area contributed by atoms with Crippen LogP contribution in [0.4, 0.5) is 0 Å². The fraction of sp³-hybridized carbons (Fsp3) is 0.857. The number of carbonyl (C=O) groups excluding carboxylic acids is 1. The molecule has 2 rings (SSSR count). The highest BCUT2D eigenvalue weighted by atomic mass is 16.6. The molecule has 56 valence electrons. The second-order valence-electron chi connectivity index (χ2n) is 3.65. The first-order valence-electron chi connectivity index (χ1n) is 3.43. The van der Waals surface area contributed by atoms with Gasteiger partial charge >= 0.3 is 5.97 Å². The lowest BCUT2D eigenvalue weighted by molar-refractivity contribution is -0.164. The highest BCUT2D eigenvalue weighted by Crippen LogP contribution is 2.63. The summed E-state index contributed by atoms with van der Waals surface area (Å²) in [6.45, 7) is 3.96. The normalized spacial score (nSPS) is 48.3. The van der Waals surface area contributed by atoms with Gasteiger partial charge in [-0.25, -0.2) is 0 Å². The third kappa shape index (κ3) is 0.475. The largest absolute Gasteiger partial charge is 0.435 e. The average molecular weight is 142 g/mol. The van der Waals surface area contributed by atoms with Gasteiger partial charge in [0.05, 0.1) is 5.92 Å². The lowest BCUT2D eigenvalue weighted by Crippen LogP contribution is -2.18. The molecule has 0 aromatic rings. The predicted octanol–water partition coefficient (Wildman–Crippen LogP) is 0.134. The topological polar surface area (TPSA) is 46.5 Å². The van der Waals surface area contributed by atoms with E-state index in [1.165, 1.54) is 0 Å². The monoisotopic (exact) mass is 142 g/mol. The molecule has 10 heavy (non-hydrogen) atoms. The maximum absolute atomic E-state index is 10.9. The lowest BCUT2D eigenvalue weighted by Gasteiger charge is -2.11. The number of cyclic esters (lactones) is 1. The molecule has 1 aliphatic carbocycles. The summed E-state index contributed by atoms with van der Waals surface area (Å²) in [7, 11) is 0. The van der Waals surface area contributed by atoms with Crippen molar-refractivity contribution in [1.29, 1.82) is 0 Å². The number of hydrogen-bond donors (Lipinski definition) is 1. The molecule has 2 fully saturated rings. The molecular weight excluding hydrogens is 132 g/mol. The van der Waals surface area contributed by atoms with Gasteiger partial charge in [-0.3, -0.25) is 4.79 Å². The third-order valence-corrected chi connectivity index (χ3v) is 2.71. The Bertz CT molecular complexity index is 197. The van der Waals surface area contributed by atoms with Crippen LogP contribution in [0, 0.1) is 17.3 Å². The molecule has 1 saturated heterocycles. The molecule has 1 heterocycles. The van der Waals surface area contributed by atoms with Crippen LogP contribution in [0.1, 0.15) is 13.8 Å². The number of esters is 1. The minimum atomic E-state index is -0.840. The molecular formula is C7H10O3. The summed E-state index contributed by atoms with van der Waals surface area (Å²) in [5.74, 6) is -0.218. The minimum absolute atomic E-state index is 0.0191. The van der Waals surface area contributed by atoms with Crippen molar-refractivity contribution in [3.63, 3.8) is 0 Å². The maximum Gasteiger partial charge on any atom is 0.312 e. The number of hydrogen-bond acceptors (Lipinski definition) is 3. The van der Waals surface area contributed by atoms with Gasteiger partial charge in [0.25, 0.3) is 0 Å². The number of ether oxygens (including phenoxy) is 1.